The van der Waals surface area contributed by atoms with Crippen molar-refractivity contribution in [3.63, 3.8) is 0 Å². The first-order valence-electron chi connectivity index (χ1n) is 5.13. The number of nitriles is 1. The molecule has 1 unspecified atom stereocenters. The molecule has 0 aliphatic heterocycles. The van der Waals surface area contributed by atoms with Gasteiger partial charge in [-0.25, -0.2) is 4.79 Å². The monoisotopic (exact) mass is 252 g/mol. The van der Waals surface area contributed by atoms with Crippen LogP contribution in [0.4, 0.5) is 4.79 Å². The summed E-state index contributed by atoms with van der Waals surface area (Å²) in [7, 11) is 1.48. The molecule has 0 aliphatic rings. The quantitative estimate of drug-likeness (QED) is 0.896. The number of nitrogens with zero attached hydrogens (tertiary/aromatic N) is 2. The van der Waals surface area contributed by atoms with E-state index in [1.165, 1.54) is 11.9 Å². The molecule has 0 heterocycles. The SMILES string of the molecule is CN(CCC(C#N)c1ccc(Cl)cc1)C(=O)O. The van der Waals surface area contributed by atoms with Crippen LogP contribution in [0.3, 0.4) is 0 Å². The van der Waals surface area contributed by atoms with Crippen molar-refractivity contribution >= 4 is 17.7 Å². The first-order valence-corrected chi connectivity index (χ1v) is 5.51. The maximum Gasteiger partial charge on any atom is 0.407 e. The molecule has 0 fully saturated rings. The Hall–Kier alpha value is -1.73. The molecule has 0 saturated carbocycles. The molecule has 1 atom stereocenters. The van der Waals surface area contributed by atoms with Gasteiger partial charge in [-0.1, -0.05) is 23.7 Å². The lowest BCUT2D eigenvalue weighted by atomic mass is 9.97. The molecule has 90 valence electrons. The van der Waals surface area contributed by atoms with Gasteiger partial charge in [0, 0.05) is 18.6 Å². The maximum absolute atomic E-state index is 10.6. The van der Waals surface area contributed by atoms with Gasteiger partial charge in [0.2, 0.25) is 0 Å². The zero-order valence-electron chi connectivity index (χ0n) is 9.43. The van der Waals surface area contributed by atoms with Gasteiger partial charge in [-0.3, -0.25) is 0 Å². The van der Waals surface area contributed by atoms with Crippen molar-refractivity contribution in [2.24, 2.45) is 0 Å². The van der Waals surface area contributed by atoms with Crippen LogP contribution in [0.5, 0.6) is 0 Å². The van der Waals surface area contributed by atoms with Crippen molar-refractivity contribution in [2.75, 3.05) is 13.6 Å². The van der Waals surface area contributed by atoms with Crippen molar-refractivity contribution in [1.82, 2.24) is 4.90 Å². The first-order chi connectivity index (χ1) is 8.04. The molecule has 0 radical (unpaired) electrons. The summed E-state index contributed by atoms with van der Waals surface area (Å²) in [5.74, 6) is -0.311. The van der Waals surface area contributed by atoms with Gasteiger partial charge in [0.1, 0.15) is 0 Å². The van der Waals surface area contributed by atoms with E-state index in [2.05, 4.69) is 6.07 Å². The third kappa shape index (κ3) is 3.97. The van der Waals surface area contributed by atoms with E-state index >= 15 is 0 Å². The number of hydrogen-bond donors (Lipinski definition) is 1. The molecular weight excluding hydrogens is 240 g/mol. The predicted octanol–water partition coefficient (Wildman–Crippen LogP) is 2.95. The van der Waals surface area contributed by atoms with Crippen LogP contribution in [0, 0.1) is 11.3 Å². The molecule has 1 N–H and O–H groups in total. The second-order valence-corrected chi connectivity index (χ2v) is 4.16. The van der Waals surface area contributed by atoms with Crippen LogP contribution in [0.15, 0.2) is 24.3 Å². The average Bonchev–Trinajstić information content (AvgIpc) is 2.31. The molecule has 0 spiro atoms. The second-order valence-electron chi connectivity index (χ2n) is 3.73. The summed E-state index contributed by atoms with van der Waals surface area (Å²) in [6, 6.07) is 9.20. The fourth-order valence-corrected chi connectivity index (χ4v) is 1.55. The standard InChI is InChI=1S/C12H13ClN2O2/c1-15(12(16)17)7-6-10(8-14)9-2-4-11(13)5-3-9/h2-5,10H,6-7H2,1H3,(H,16,17). The van der Waals surface area contributed by atoms with E-state index < -0.39 is 6.09 Å². The third-order valence-corrected chi connectivity index (χ3v) is 2.76. The molecule has 1 amide bonds. The van der Waals surface area contributed by atoms with E-state index in [9.17, 15) is 4.79 Å². The molecular formula is C12H13ClN2O2. The van der Waals surface area contributed by atoms with Gasteiger partial charge < -0.3 is 10.0 Å². The van der Waals surface area contributed by atoms with Gasteiger partial charge >= 0.3 is 6.09 Å². The summed E-state index contributed by atoms with van der Waals surface area (Å²) < 4.78 is 0. The van der Waals surface area contributed by atoms with Gasteiger partial charge in [0.25, 0.3) is 0 Å². The van der Waals surface area contributed by atoms with Crippen LogP contribution in [0.2, 0.25) is 5.02 Å². The molecule has 17 heavy (non-hydrogen) atoms. The number of amides is 1. The number of carbonyl (C=O) groups is 1. The van der Waals surface area contributed by atoms with Crippen LogP contribution in [-0.2, 0) is 0 Å². The highest BCUT2D eigenvalue weighted by atomic mass is 35.5. The molecule has 4 nitrogen and oxygen atoms in total. The smallest absolute Gasteiger partial charge is 0.407 e. The maximum atomic E-state index is 10.6. The van der Waals surface area contributed by atoms with Crippen molar-refractivity contribution in [3.05, 3.63) is 34.9 Å². The van der Waals surface area contributed by atoms with Crippen LogP contribution in [0.25, 0.3) is 0 Å². The number of rotatable bonds is 4. The summed E-state index contributed by atoms with van der Waals surface area (Å²) in [6.07, 6.45) is -0.515. The van der Waals surface area contributed by atoms with Gasteiger partial charge in [0.15, 0.2) is 0 Å². The Balaban J connectivity index is 2.64. The van der Waals surface area contributed by atoms with Crippen molar-refractivity contribution in [2.45, 2.75) is 12.3 Å². The fourth-order valence-electron chi connectivity index (χ4n) is 1.42. The fraction of sp³-hybridized carbons (Fsp3) is 0.333. The molecule has 5 heteroatoms. The Labute approximate surface area is 105 Å². The van der Waals surface area contributed by atoms with Crippen LogP contribution >= 0.6 is 11.6 Å². The van der Waals surface area contributed by atoms with Crippen LogP contribution in [-0.4, -0.2) is 29.7 Å². The lowest BCUT2D eigenvalue weighted by Crippen LogP contribution is -2.26. The van der Waals surface area contributed by atoms with E-state index in [1.54, 1.807) is 24.3 Å². The summed E-state index contributed by atoms with van der Waals surface area (Å²) in [4.78, 5) is 11.8. The summed E-state index contributed by atoms with van der Waals surface area (Å²) in [5, 5.41) is 18.4. The van der Waals surface area contributed by atoms with Crippen molar-refractivity contribution in [3.8, 4) is 6.07 Å². The zero-order valence-corrected chi connectivity index (χ0v) is 10.2. The van der Waals surface area contributed by atoms with Gasteiger partial charge in [0.05, 0.1) is 12.0 Å². The highest BCUT2D eigenvalue weighted by Crippen LogP contribution is 2.21. The Kier molecular flexibility index (Phi) is 4.80. The minimum absolute atomic E-state index is 0.311. The molecule has 0 saturated heterocycles. The number of halogens is 1. The van der Waals surface area contributed by atoms with Crippen LogP contribution < -0.4 is 0 Å². The lowest BCUT2D eigenvalue weighted by Gasteiger charge is -2.15. The van der Waals surface area contributed by atoms with Gasteiger partial charge in [-0.05, 0) is 24.1 Å². The third-order valence-electron chi connectivity index (χ3n) is 2.51. The normalized spacial score (nSPS) is 11.6. The van der Waals surface area contributed by atoms with Gasteiger partial charge in [-0.15, -0.1) is 0 Å². The minimum atomic E-state index is -0.988. The lowest BCUT2D eigenvalue weighted by molar-refractivity contribution is 0.155. The van der Waals surface area contributed by atoms with Crippen molar-refractivity contribution < 1.29 is 9.90 Å². The molecule has 1 aromatic rings. The van der Waals surface area contributed by atoms with E-state index in [-0.39, 0.29) is 5.92 Å². The molecule has 0 aliphatic carbocycles. The topological polar surface area (TPSA) is 64.3 Å². The number of benzene rings is 1. The second kappa shape index (κ2) is 6.12. The summed E-state index contributed by atoms with van der Waals surface area (Å²) >= 11 is 5.76. The van der Waals surface area contributed by atoms with E-state index in [1.807, 2.05) is 0 Å². The highest BCUT2D eigenvalue weighted by Gasteiger charge is 2.13. The van der Waals surface area contributed by atoms with E-state index in [4.69, 9.17) is 22.0 Å². The van der Waals surface area contributed by atoms with Crippen molar-refractivity contribution in [1.29, 1.82) is 5.26 Å². The van der Waals surface area contributed by atoms with E-state index in [0.29, 0.717) is 18.0 Å². The summed E-state index contributed by atoms with van der Waals surface area (Å²) in [6.45, 7) is 0.330. The summed E-state index contributed by atoms with van der Waals surface area (Å²) in [5.41, 5.74) is 0.857. The Bertz CT molecular complexity index is 425. The van der Waals surface area contributed by atoms with E-state index in [0.717, 1.165) is 5.56 Å². The average molecular weight is 253 g/mol. The Morgan fingerprint density at radius 2 is 2.12 bits per heavy atom. The Morgan fingerprint density at radius 3 is 2.59 bits per heavy atom. The predicted molar refractivity (Wildman–Crippen MR) is 65.1 cm³/mol. The van der Waals surface area contributed by atoms with Crippen LogP contribution in [0.1, 0.15) is 17.9 Å². The Morgan fingerprint density at radius 1 is 1.53 bits per heavy atom. The molecule has 0 aromatic heterocycles. The molecule has 1 aromatic carbocycles. The zero-order chi connectivity index (χ0) is 12.8. The molecule has 1 rings (SSSR count). The van der Waals surface area contributed by atoms with Gasteiger partial charge in [-0.2, -0.15) is 5.26 Å². The largest absolute Gasteiger partial charge is 0.465 e. The highest BCUT2D eigenvalue weighted by molar-refractivity contribution is 6.30. The molecule has 0 bridgehead atoms. The minimum Gasteiger partial charge on any atom is -0.465 e. The first kappa shape index (κ1) is 13.3. The number of carboxylic acid groups (broad SMARTS) is 1. The number of hydrogen-bond acceptors (Lipinski definition) is 2.